The Morgan fingerprint density at radius 1 is 1.03 bits per heavy atom. The fraction of sp³-hybridized carbons (Fsp3) is 0.273. The van der Waals surface area contributed by atoms with E-state index in [0.717, 1.165) is 29.6 Å². The van der Waals surface area contributed by atoms with E-state index in [9.17, 15) is 0 Å². The highest BCUT2D eigenvalue weighted by Crippen LogP contribution is 2.23. The number of hydrogen-bond acceptors (Lipinski definition) is 5. The third kappa shape index (κ3) is 6.80. The summed E-state index contributed by atoms with van der Waals surface area (Å²) < 4.78 is 11.3. The largest absolute Gasteiger partial charge is 0.494 e. The van der Waals surface area contributed by atoms with E-state index in [2.05, 4.69) is 44.4 Å². The van der Waals surface area contributed by atoms with Crippen molar-refractivity contribution in [2.45, 2.75) is 26.9 Å². The summed E-state index contributed by atoms with van der Waals surface area (Å²) in [5, 5.41) is 10.8. The molecule has 6 nitrogen and oxygen atoms in total. The molecule has 0 spiro atoms. The number of thiophene rings is 1. The van der Waals surface area contributed by atoms with Crippen LogP contribution in [0.5, 0.6) is 17.4 Å². The lowest BCUT2D eigenvalue weighted by atomic mass is 10.2. The number of nitrogens with one attached hydrogen (secondary N) is 2. The minimum Gasteiger partial charge on any atom is -0.494 e. The Morgan fingerprint density at radius 2 is 1.86 bits per heavy atom. The van der Waals surface area contributed by atoms with Crippen molar-refractivity contribution in [1.82, 2.24) is 15.6 Å². The van der Waals surface area contributed by atoms with Crippen LogP contribution < -0.4 is 20.1 Å². The van der Waals surface area contributed by atoms with Crippen molar-refractivity contribution in [3.63, 3.8) is 0 Å². The molecular formula is C22H26N4O2S. The second kappa shape index (κ2) is 11.1. The average Bonchev–Trinajstić information content (AvgIpc) is 3.26. The van der Waals surface area contributed by atoms with Gasteiger partial charge in [0.05, 0.1) is 13.2 Å². The summed E-state index contributed by atoms with van der Waals surface area (Å²) in [5.74, 6) is 2.87. The molecule has 0 unspecified atom stereocenters. The second-order valence-corrected chi connectivity index (χ2v) is 6.97. The highest BCUT2D eigenvalue weighted by Gasteiger charge is 2.03. The van der Waals surface area contributed by atoms with Crippen molar-refractivity contribution in [1.29, 1.82) is 0 Å². The van der Waals surface area contributed by atoms with Crippen molar-refractivity contribution < 1.29 is 9.47 Å². The van der Waals surface area contributed by atoms with Crippen LogP contribution in [-0.2, 0) is 13.1 Å². The molecule has 29 heavy (non-hydrogen) atoms. The molecule has 2 aromatic heterocycles. The Morgan fingerprint density at radius 3 is 2.59 bits per heavy atom. The molecule has 0 saturated heterocycles. The summed E-state index contributed by atoms with van der Waals surface area (Å²) in [6.07, 6.45) is 1.75. The number of aromatic nitrogens is 1. The maximum Gasteiger partial charge on any atom is 0.219 e. The van der Waals surface area contributed by atoms with Crippen LogP contribution in [0.4, 0.5) is 0 Å². The van der Waals surface area contributed by atoms with Crippen LogP contribution in [0.1, 0.15) is 25.0 Å². The summed E-state index contributed by atoms with van der Waals surface area (Å²) in [4.78, 5) is 8.93. The van der Waals surface area contributed by atoms with Crippen LogP contribution in [0.2, 0.25) is 0 Å². The van der Waals surface area contributed by atoms with Crippen LogP contribution in [0.15, 0.2) is 64.4 Å². The Balaban J connectivity index is 1.58. The van der Waals surface area contributed by atoms with Crippen LogP contribution in [0.25, 0.3) is 0 Å². The predicted molar refractivity (Wildman–Crippen MR) is 118 cm³/mol. The fourth-order valence-electron chi connectivity index (χ4n) is 2.59. The third-order valence-corrected chi connectivity index (χ3v) is 4.69. The Kier molecular flexibility index (Phi) is 7.89. The number of hydrogen-bond donors (Lipinski definition) is 2. The summed E-state index contributed by atoms with van der Waals surface area (Å²) in [5.41, 5.74) is 2.27. The van der Waals surface area contributed by atoms with Crippen LogP contribution in [-0.4, -0.2) is 24.1 Å². The second-order valence-electron chi connectivity index (χ2n) is 6.19. The first-order valence-corrected chi connectivity index (χ1v) is 10.6. The molecule has 1 aromatic carbocycles. The Hall–Kier alpha value is -3.06. The zero-order valence-corrected chi connectivity index (χ0v) is 17.5. The standard InChI is InChI=1S/C22H26N4O2S/c1-3-23-22(26-15-18-10-12-29-16-18)25-14-17-9-11-24-21(13-17)28-20-7-5-19(6-8-20)27-4-2/h5-13,16H,3-4,14-15H2,1-2H3,(H2,23,25,26). The summed E-state index contributed by atoms with van der Waals surface area (Å²) >= 11 is 1.68. The average molecular weight is 411 g/mol. The predicted octanol–water partition coefficient (Wildman–Crippen LogP) is 4.59. The van der Waals surface area contributed by atoms with Crippen LogP contribution in [0.3, 0.4) is 0 Å². The maximum atomic E-state index is 5.86. The number of guanidine groups is 1. The molecular weight excluding hydrogens is 384 g/mol. The molecule has 0 radical (unpaired) electrons. The summed E-state index contributed by atoms with van der Waals surface area (Å²) in [6.45, 7) is 6.73. The molecule has 0 saturated carbocycles. The van der Waals surface area contributed by atoms with Gasteiger partial charge in [-0.2, -0.15) is 11.3 Å². The van der Waals surface area contributed by atoms with Gasteiger partial charge < -0.3 is 20.1 Å². The molecule has 0 aliphatic heterocycles. The first kappa shape index (κ1) is 20.7. The zero-order chi connectivity index (χ0) is 20.3. The van der Waals surface area contributed by atoms with E-state index in [1.165, 1.54) is 5.56 Å². The highest BCUT2D eigenvalue weighted by atomic mass is 32.1. The first-order valence-electron chi connectivity index (χ1n) is 9.65. The van der Waals surface area contributed by atoms with Gasteiger partial charge in [0.1, 0.15) is 11.5 Å². The van der Waals surface area contributed by atoms with Gasteiger partial charge in [0.2, 0.25) is 5.88 Å². The Bertz CT molecular complexity index is 895. The van der Waals surface area contributed by atoms with Crippen molar-refractivity contribution in [3.8, 4) is 17.4 Å². The quantitative estimate of drug-likeness (QED) is 0.399. The highest BCUT2D eigenvalue weighted by molar-refractivity contribution is 7.07. The van der Waals surface area contributed by atoms with E-state index in [0.29, 0.717) is 25.6 Å². The minimum atomic E-state index is 0.550. The number of aliphatic imine (C=N–C) groups is 1. The minimum absolute atomic E-state index is 0.550. The first-order chi connectivity index (χ1) is 14.3. The van der Waals surface area contributed by atoms with Gasteiger partial charge in [0.15, 0.2) is 5.96 Å². The SMILES string of the molecule is CCNC(=NCc1ccsc1)NCc1ccnc(Oc2ccc(OCC)cc2)c1. The molecule has 2 heterocycles. The zero-order valence-electron chi connectivity index (χ0n) is 16.7. The van der Waals surface area contributed by atoms with Crippen molar-refractivity contribution >= 4 is 17.3 Å². The van der Waals surface area contributed by atoms with Gasteiger partial charge in [0, 0.05) is 25.4 Å². The van der Waals surface area contributed by atoms with Gasteiger partial charge >= 0.3 is 0 Å². The number of pyridine rings is 1. The number of rotatable bonds is 9. The molecule has 0 amide bonds. The molecule has 3 rings (SSSR count). The topological polar surface area (TPSA) is 67.8 Å². The van der Waals surface area contributed by atoms with Crippen LogP contribution >= 0.6 is 11.3 Å². The molecule has 152 valence electrons. The molecule has 0 bridgehead atoms. The molecule has 0 fully saturated rings. The molecule has 0 atom stereocenters. The smallest absolute Gasteiger partial charge is 0.219 e. The molecule has 7 heteroatoms. The van der Waals surface area contributed by atoms with Gasteiger partial charge in [-0.15, -0.1) is 0 Å². The van der Waals surface area contributed by atoms with E-state index in [4.69, 9.17) is 9.47 Å². The lowest BCUT2D eigenvalue weighted by Gasteiger charge is -2.12. The van der Waals surface area contributed by atoms with Crippen LogP contribution in [0, 0.1) is 0 Å². The van der Waals surface area contributed by atoms with Gasteiger partial charge in [-0.05, 0) is 72.1 Å². The van der Waals surface area contributed by atoms with Gasteiger partial charge in [-0.3, -0.25) is 0 Å². The lowest BCUT2D eigenvalue weighted by molar-refractivity contribution is 0.339. The van der Waals surface area contributed by atoms with E-state index < -0.39 is 0 Å². The van der Waals surface area contributed by atoms with Gasteiger partial charge in [0.25, 0.3) is 0 Å². The summed E-state index contributed by atoms with van der Waals surface area (Å²) in [7, 11) is 0. The number of ether oxygens (including phenoxy) is 2. The van der Waals surface area contributed by atoms with E-state index >= 15 is 0 Å². The molecule has 3 aromatic rings. The maximum absolute atomic E-state index is 5.86. The Labute approximate surface area is 175 Å². The molecule has 2 N–H and O–H groups in total. The monoisotopic (exact) mass is 410 g/mol. The normalized spacial score (nSPS) is 11.2. The summed E-state index contributed by atoms with van der Waals surface area (Å²) in [6, 6.07) is 13.5. The fourth-order valence-corrected chi connectivity index (χ4v) is 3.25. The van der Waals surface area contributed by atoms with Crippen molar-refractivity contribution in [3.05, 3.63) is 70.5 Å². The third-order valence-electron chi connectivity index (χ3n) is 3.96. The van der Waals surface area contributed by atoms with E-state index in [1.54, 1.807) is 17.5 Å². The number of nitrogens with zero attached hydrogens (tertiary/aromatic N) is 2. The van der Waals surface area contributed by atoms with Gasteiger partial charge in [-0.1, -0.05) is 0 Å². The lowest BCUT2D eigenvalue weighted by Crippen LogP contribution is -2.36. The van der Waals surface area contributed by atoms with Crippen molar-refractivity contribution in [2.75, 3.05) is 13.2 Å². The number of benzene rings is 1. The van der Waals surface area contributed by atoms with E-state index in [1.807, 2.05) is 43.3 Å². The van der Waals surface area contributed by atoms with Gasteiger partial charge in [-0.25, -0.2) is 9.98 Å². The van der Waals surface area contributed by atoms with Crippen molar-refractivity contribution in [2.24, 2.45) is 4.99 Å². The molecule has 0 aliphatic rings. The van der Waals surface area contributed by atoms with E-state index in [-0.39, 0.29) is 0 Å². The molecule has 0 aliphatic carbocycles.